The van der Waals surface area contributed by atoms with Gasteiger partial charge >= 0.3 is 0 Å². The molecule has 1 aliphatic heterocycles. The van der Waals surface area contributed by atoms with E-state index < -0.39 is 0 Å². The van der Waals surface area contributed by atoms with Crippen molar-refractivity contribution in [2.45, 2.75) is 44.6 Å². The summed E-state index contributed by atoms with van der Waals surface area (Å²) in [5.41, 5.74) is 2.63. The molecule has 20 heavy (non-hydrogen) atoms. The number of aryl methyl sites for hydroxylation is 1. The molecule has 0 aromatic heterocycles. The van der Waals surface area contributed by atoms with Crippen molar-refractivity contribution in [2.75, 3.05) is 13.2 Å². The molecule has 1 aromatic carbocycles. The molecule has 0 spiro atoms. The van der Waals surface area contributed by atoms with Crippen LogP contribution in [0.4, 0.5) is 0 Å². The monoisotopic (exact) mass is 273 g/mol. The topological polar surface area (TPSA) is 38.3 Å². The first-order valence-electron chi connectivity index (χ1n) is 7.60. The third-order valence-corrected chi connectivity index (χ3v) is 4.42. The first-order chi connectivity index (χ1) is 9.65. The Balaban J connectivity index is 1.53. The Morgan fingerprint density at radius 3 is 2.70 bits per heavy atom. The van der Waals surface area contributed by atoms with Crippen LogP contribution in [0.25, 0.3) is 0 Å². The molecule has 1 saturated carbocycles. The van der Waals surface area contributed by atoms with E-state index in [-0.39, 0.29) is 11.4 Å². The van der Waals surface area contributed by atoms with Gasteiger partial charge in [0, 0.05) is 25.2 Å². The van der Waals surface area contributed by atoms with Gasteiger partial charge in [-0.1, -0.05) is 29.8 Å². The van der Waals surface area contributed by atoms with Gasteiger partial charge in [-0.05, 0) is 44.1 Å². The molecule has 3 rings (SSSR count). The van der Waals surface area contributed by atoms with Crippen molar-refractivity contribution in [3.05, 3.63) is 35.4 Å². The van der Waals surface area contributed by atoms with Crippen molar-refractivity contribution in [3.8, 4) is 0 Å². The quantitative estimate of drug-likeness (QED) is 0.895. The number of hydrogen-bond donors (Lipinski definition) is 1. The lowest BCUT2D eigenvalue weighted by Crippen LogP contribution is -2.39. The van der Waals surface area contributed by atoms with Crippen LogP contribution in [0.2, 0.25) is 0 Å². The predicted molar refractivity (Wildman–Crippen MR) is 78.5 cm³/mol. The van der Waals surface area contributed by atoms with Gasteiger partial charge in [-0.15, -0.1) is 0 Å². The highest BCUT2D eigenvalue weighted by atomic mass is 16.5. The van der Waals surface area contributed by atoms with Crippen LogP contribution in [0.3, 0.4) is 0 Å². The minimum atomic E-state index is 0.0335. The fourth-order valence-electron chi connectivity index (χ4n) is 2.95. The smallest absolute Gasteiger partial charge is 0.220 e. The van der Waals surface area contributed by atoms with Crippen molar-refractivity contribution < 1.29 is 9.53 Å². The van der Waals surface area contributed by atoms with Crippen LogP contribution >= 0.6 is 0 Å². The summed E-state index contributed by atoms with van der Waals surface area (Å²) in [6.45, 7) is 3.66. The second-order valence-corrected chi connectivity index (χ2v) is 6.42. The molecule has 1 N–H and O–H groups in total. The molecule has 1 aliphatic carbocycles. The van der Waals surface area contributed by atoms with Crippen molar-refractivity contribution >= 4 is 5.91 Å². The van der Waals surface area contributed by atoms with Gasteiger partial charge in [0.15, 0.2) is 0 Å². The van der Waals surface area contributed by atoms with Crippen LogP contribution in [0, 0.1) is 12.8 Å². The molecule has 3 nitrogen and oxygen atoms in total. The van der Waals surface area contributed by atoms with Gasteiger partial charge in [0.1, 0.15) is 0 Å². The fourth-order valence-corrected chi connectivity index (χ4v) is 2.95. The van der Waals surface area contributed by atoms with Crippen LogP contribution in [0.1, 0.15) is 36.8 Å². The van der Waals surface area contributed by atoms with Crippen LogP contribution in [0.15, 0.2) is 24.3 Å². The van der Waals surface area contributed by atoms with E-state index in [1.807, 2.05) is 0 Å². The standard InChI is InChI=1S/C17H23NO2/c1-13-2-4-14(5-3-13)11-17(7-8-17)18-16(19)10-15-6-9-20-12-15/h2-5,15H,6-12H2,1H3,(H,18,19)/t15-/m0/s1. The number of amides is 1. The molecule has 2 aliphatic rings. The van der Waals surface area contributed by atoms with Crippen LogP contribution < -0.4 is 5.32 Å². The highest BCUT2D eigenvalue weighted by Crippen LogP contribution is 2.39. The number of carbonyl (C=O) groups is 1. The maximum absolute atomic E-state index is 12.1. The summed E-state index contributed by atoms with van der Waals surface area (Å²) in [6, 6.07) is 8.63. The Hall–Kier alpha value is -1.35. The summed E-state index contributed by atoms with van der Waals surface area (Å²) >= 11 is 0. The minimum Gasteiger partial charge on any atom is -0.381 e. The fraction of sp³-hybridized carbons (Fsp3) is 0.588. The van der Waals surface area contributed by atoms with E-state index in [2.05, 4.69) is 36.5 Å². The third-order valence-electron chi connectivity index (χ3n) is 4.42. The Kier molecular flexibility index (Phi) is 3.79. The molecular weight excluding hydrogens is 250 g/mol. The number of ether oxygens (including phenoxy) is 1. The lowest BCUT2D eigenvalue weighted by Gasteiger charge is -2.19. The normalized spacial score (nSPS) is 23.6. The second-order valence-electron chi connectivity index (χ2n) is 6.42. The van der Waals surface area contributed by atoms with Crippen LogP contribution in [0.5, 0.6) is 0 Å². The highest BCUT2D eigenvalue weighted by molar-refractivity contribution is 5.77. The minimum absolute atomic E-state index is 0.0335. The zero-order chi connectivity index (χ0) is 14.0. The van der Waals surface area contributed by atoms with E-state index in [0.717, 1.165) is 38.9 Å². The van der Waals surface area contributed by atoms with E-state index in [1.165, 1.54) is 11.1 Å². The molecule has 0 unspecified atom stereocenters. The zero-order valence-corrected chi connectivity index (χ0v) is 12.2. The third kappa shape index (κ3) is 3.40. The Morgan fingerprint density at radius 2 is 2.10 bits per heavy atom. The number of hydrogen-bond acceptors (Lipinski definition) is 2. The van der Waals surface area contributed by atoms with E-state index in [4.69, 9.17) is 4.74 Å². The summed E-state index contributed by atoms with van der Waals surface area (Å²) in [7, 11) is 0. The molecule has 108 valence electrons. The summed E-state index contributed by atoms with van der Waals surface area (Å²) in [5, 5.41) is 3.26. The Bertz CT molecular complexity index is 470. The van der Waals surface area contributed by atoms with Gasteiger partial charge in [0.2, 0.25) is 5.91 Å². The number of carbonyl (C=O) groups excluding carboxylic acids is 1. The Morgan fingerprint density at radius 1 is 1.35 bits per heavy atom. The first-order valence-corrected chi connectivity index (χ1v) is 7.60. The van der Waals surface area contributed by atoms with Gasteiger partial charge in [-0.25, -0.2) is 0 Å². The highest BCUT2D eigenvalue weighted by Gasteiger charge is 2.44. The molecule has 0 bridgehead atoms. The largest absolute Gasteiger partial charge is 0.381 e. The summed E-state index contributed by atoms with van der Waals surface area (Å²) in [6.07, 6.45) is 4.82. The maximum Gasteiger partial charge on any atom is 0.220 e. The lowest BCUT2D eigenvalue weighted by atomic mass is 10.0. The first kappa shape index (κ1) is 13.6. The van der Waals surface area contributed by atoms with Gasteiger partial charge in [-0.3, -0.25) is 4.79 Å². The van der Waals surface area contributed by atoms with Gasteiger partial charge in [0.25, 0.3) is 0 Å². The van der Waals surface area contributed by atoms with Gasteiger partial charge < -0.3 is 10.1 Å². The van der Waals surface area contributed by atoms with Crippen molar-refractivity contribution in [3.63, 3.8) is 0 Å². The average Bonchev–Trinajstić information content (AvgIpc) is 2.96. The van der Waals surface area contributed by atoms with Gasteiger partial charge in [-0.2, -0.15) is 0 Å². The molecule has 0 radical (unpaired) electrons. The molecular formula is C17H23NO2. The Labute approximate surface area is 120 Å². The van der Waals surface area contributed by atoms with E-state index in [1.54, 1.807) is 0 Å². The van der Waals surface area contributed by atoms with Crippen molar-refractivity contribution in [1.29, 1.82) is 0 Å². The molecule has 1 atom stereocenters. The summed E-state index contributed by atoms with van der Waals surface area (Å²) in [5.74, 6) is 0.621. The predicted octanol–water partition coefficient (Wildman–Crippen LogP) is 2.61. The van der Waals surface area contributed by atoms with Crippen molar-refractivity contribution in [1.82, 2.24) is 5.32 Å². The number of nitrogens with one attached hydrogen (secondary N) is 1. The zero-order valence-electron chi connectivity index (χ0n) is 12.2. The molecule has 1 amide bonds. The van der Waals surface area contributed by atoms with E-state index >= 15 is 0 Å². The van der Waals surface area contributed by atoms with E-state index in [0.29, 0.717) is 12.3 Å². The van der Waals surface area contributed by atoms with Crippen LogP contribution in [-0.2, 0) is 16.0 Å². The van der Waals surface area contributed by atoms with Crippen LogP contribution in [-0.4, -0.2) is 24.7 Å². The molecule has 1 heterocycles. The average molecular weight is 273 g/mol. The summed E-state index contributed by atoms with van der Waals surface area (Å²) < 4.78 is 5.33. The van der Waals surface area contributed by atoms with E-state index in [9.17, 15) is 4.79 Å². The molecule has 3 heteroatoms. The van der Waals surface area contributed by atoms with Crippen molar-refractivity contribution in [2.24, 2.45) is 5.92 Å². The molecule has 2 fully saturated rings. The summed E-state index contributed by atoms with van der Waals surface area (Å²) in [4.78, 5) is 12.1. The maximum atomic E-state index is 12.1. The number of benzene rings is 1. The second kappa shape index (κ2) is 5.57. The molecule has 1 saturated heterocycles. The molecule has 1 aromatic rings. The number of rotatable bonds is 5. The SMILES string of the molecule is Cc1ccc(CC2(NC(=O)C[C@@H]3CCOC3)CC2)cc1. The van der Waals surface area contributed by atoms with Gasteiger partial charge in [0.05, 0.1) is 0 Å². The lowest BCUT2D eigenvalue weighted by molar-refractivity contribution is -0.123.